The summed E-state index contributed by atoms with van der Waals surface area (Å²) in [7, 11) is 0. The third-order valence-corrected chi connectivity index (χ3v) is 3.29. The molecule has 0 saturated carbocycles. The Balaban J connectivity index is 2.36. The van der Waals surface area contributed by atoms with Crippen LogP contribution in [0.2, 0.25) is 0 Å². The molecule has 0 amide bonds. The van der Waals surface area contributed by atoms with Gasteiger partial charge in [-0.15, -0.1) is 0 Å². The molecule has 102 valence electrons. The fraction of sp³-hybridized carbons (Fsp3) is 0.500. The van der Waals surface area contributed by atoms with Crippen LogP contribution in [0, 0.1) is 12.8 Å². The van der Waals surface area contributed by atoms with E-state index in [-0.39, 0.29) is 12.0 Å². The van der Waals surface area contributed by atoms with Gasteiger partial charge in [-0.25, -0.2) is 0 Å². The maximum Gasteiger partial charge on any atom is 0.231 e. The highest BCUT2D eigenvalue weighted by Gasteiger charge is 2.26. The number of hydrogen-bond donors (Lipinski definition) is 1. The van der Waals surface area contributed by atoms with Gasteiger partial charge in [0, 0.05) is 24.0 Å². The first-order valence-electron chi connectivity index (χ1n) is 6.51. The van der Waals surface area contributed by atoms with E-state index in [1.807, 2.05) is 19.9 Å². The highest BCUT2D eigenvalue weighted by molar-refractivity contribution is 5.57. The quantitative estimate of drug-likeness (QED) is 0.914. The van der Waals surface area contributed by atoms with Crippen molar-refractivity contribution in [1.29, 1.82) is 0 Å². The molecule has 19 heavy (non-hydrogen) atoms. The third kappa shape index (κ3) is 2.81. The summed E-state index contributed by atoms with van der Waals surface area (Å²) in [6, 6.07) is 1.90. The fourth-order valence-electron chi connectivity index (χ4n) is 2.30. The van der Waals surface area contributed by atoms with E-state index in [0.717, 1.165) is 11.1 Å². The Kier molecular flexibility index (Phi) is 3.95. The van der Waals surface area contributed by atoms with Crippen LogP contribution in [-0.4, -0.2) is 21.2 Å². The Morgan fingerprint density at radius 3 is 2.58 bits per heavy atom. The zero-order valence-electron chi connectivity index (χ0n) is 11.8. The van der Waals surface area contributed by atoms with E-state index >= 15 is 0 Å². The lowest BCUT2D eigenvalue weighted by Crippen LogP contribution is -2.28. The summed E-state index contributed by atoms with van der Waals surface area (Å²) in [6.45, 7) is 8.17. The predicted octanol–water partition coefficient (Wildman–Crippen LogP) is 2.53. The summed E-state index contributed by atoms with van der Waals surface area (Å²) in [5.74, 6) is 1.59. The van der Waals surface area contributed by atoms with E-state index in [1.54, 1.807) is 12.4 Å². The monoisotopic (exact) mass is 260 g/mol. The molecule has 2 heterocycles. The maximum atomic E-state index is 6.01. The van der Waals surface area contributed by atoms with Crippen LogP contribution in [0.1, 0.15) is 38.1 Å². The standard InChI is InChI=1S/C14H20N4O/c1-8(2)12(10(4)15)14-17-13(18-19-14)11-7-16-6-5-9(11)3/h5-8,10,12H,15H2,1-4H3. The van der Waals surface area contributed by atoms with Crippen molar-refractivity contribution in [1.82, 2.24) is 15.1 Å². The number of nitrogens with zero attached hydrogens (tertiary/aromatic N) is 3. The minimum Gasteiger partial charge on any atom is -0.339 e. The van der Waals surface area contributed by atoms with Gasteiger partial charge in [0.2, 0.25) is 11.7 Å². The Hall–Kier alpha value is -1.75. The van der Waals surface area contributed by atoms with Crippen molar-refractivity contribution in [3.63, 3.8) is 0 Å². The van der Waals surface area contributed by atoms with Crippen molar-refractivity contribution in [3.8, 4) is 11.4 Å². The second-order valence-electron chi connectivity index (χ2n) is 5.28. The van der Waals surface area contributed by atoms with Crippen LogP contribution < -0.4 is 5.73 Å². The number of hydrogen-bond acceptors (Lipinski definition) is 5. The second-order valence-corrected chi connectivity index (χ2v) is 5.28. The first kappa shape index (κ1) is 13.7. The van der Waals surface area contributed by atoms with Gasteiger partial charge in [0.25, 0.3) is 0 Å². The zero-order valence-corrected chi connectivity index (χ0v) is 11.8. The first-order valence-corrected chi connectivity index (χ1v) is 6.51. The Morgan fingerprint density at radius 1 is 1.26 bits per heavy atom. The maximum absolute atomic E-state index is 6.01. The largest absolute Gasteiger partial charge is 0.339 e. The van der Waals surface area contributed by atoms with Crippen molar-refractivity contribution >= 4 is 0 Å². The number of nitrogens with two attached hydrogens (primary N) is 1. The van der Waals surface area contributed by atoms with Gasteiger partial charge in [-0.2, -0.15) is 4.98 Å². The van der Waals surface area contributed by atoms with Gasteiger partial charge in [0.15, 0.2) is 0 Å². The minimum absolute atomic E-state index is 0.0247. The number of aryl methyl sites for hydroxylation is 1. The number of aromatic nitrogens is 3. The lowest BCUT2D eigenvalue weighted by molar-refractivity contribution is 0.300. The molecule has 0 radical (unpaired) electrons. The molecule has 2 rings (SSSR count). The van der Waals surface area contributed by atoms with E-state index in [2.05, 4.69) is 29.0 Å². The van der Waals surface area contributed by atoms with Crippen molar-refractivity contribution in [2.45, 2.75) is 39.7 Å². The fourth-order valence-corrected chi connectivity index (χ4v) is 2.30. The SMILES string of the molecule is Cc1ccncc1-c1noc(C(C(C)C)C(C)N)n1. The molecule has 2 unspecified atom stereocenters. The summed E-state index contributed by atoms with van der Waals surface area (Å²) in [4.78, 5) is 8.59. The van der Waals surface area contributed by atoms with Crippen LogP contribution in [0.4, 0.5) is 0 Å². The molecule has 0 aromatic carbocycles. The van der Waals surface area contributed by atoms with Gasteiger partial charge >= 0.3 is 0 Å². The molecular weight excluding hydrogens is 240 g/mol. The van der Waals surface area contributed by atoms with Crippen LogP contribution in [0.5, 0.6) is 0 Å². The van der Waals surface area contributed by atoms with Crippen LogP contribution in [0.3, 0.4) is 0 Å². The highest BCUT2D eigenvalue weighted by atomic mass is 16.5. The predicted molar refractivity (Wildman–Crippen MR) is 73.5 cm³/mol. The average Bonchev–Trinajstić information content (AvgIpc) is 2.77. The molecule has 2 atom stereocenters. The van der Waals surface area contributed by atoms with E-state index in [9.17, 15) is 0 Å². The van der Waals surface area contributed by atoms with E-state index < -0.39 is 0 Å². The summed E-state index contributed by atoms with van der Waals surface area (Å²) in [5, 5.41) is 4.05. The van der Waals surface area contributed by atoms with Gasteiger partial charge < -0.3 is 10.3 Å². The molecule has 2 aromatic rings. The lowest BCUT2D eigenvalue weighted by atomic mass is 9.90. The van der Waals surface area contributed by atoms with Crippen molar-refractivity contribution in [3.05, 3.63) is 29.9 Å². The average molecular weight is 260 g/mol. The van der Waals surface area contributed by atoms with Gasteiger partial charge in [0.1, 0.15) is 0 Å². The Labute approximate surface area is 113 Å². The molecule has 0 bridgehead atoms. The molecule has 0 saturated heterocycles. The normalized spacial score (nSPS) is 14.6. The van der Waals surface area contributed by atoms with Gasteiger partial charge in [-0.3, -0.25) is 4.98 Å². The second kappa shape index (κ2) is 5.48. The summed E-state index contributed by atoms with van der Waals surface area (Å²) in [6.07, 6.45) is 3.50. The molecule has 0 fully saturated rings. The summed E-state index contributed by atoms with van der Waals surface area (Å²) in [5.41, 5.74) is 7.97. The van der Waals surface area contributed by atoms with Crippen LogP contribution in [0.15, 0.2) is 23.0 Å². The minimum atomic E-state index is -0.0247. The molecule has 5 heteroatoms. The van der Waals surface area contributed by atoms with Crippen LogP contribution in [0.25, 0.3) is 11.4 Å². The topological polar surface area (TPSA) is 77.8 Å². The molecule has 0 spiro atoms. The first-order chi connectivity index (χ1) is 9.00. The molecule has 0 aliphatic rings. The summed E-state index contributed by atoms with van der Waals surface area (Å²) >= 11 is 0. The summed E-state index contributed by atoms with van der Waals surface area (Å²) < 4.78 is 5.39. The molecule has 2 N–H and O–H groups in total. The third-order valence-electron chi connectivity index (χ3n) is 3.29. The van der Waals surface area contributed by atoms with Crippen molar-refractivity contribution in [2.24, 2.45) is 11.7 Å². The highest BCUT2D eigenvalue weighted by Crippen LogP contribution is 2.28. The molecule has 0 aliphatic heterocycles. The zero-order chi connectivity index (χ0) is 14.0. The van der Waals surface area contributed by atoms with Crippen molar-refractivity contribution in [2.75, 3.05) is 0 Å². The van der Waals surface area contributed by atoms with E-state index in [4.69, 9.17) is 10.3 Å². The number of rotatable bonds is 4. The molecule has 5 nitrogen and oxygen atoms in total. The molecular formula is C14H20N4O. The molecule has 0 aliphatic carbocycles. The number of pyridine rings is 1. The van der Waals surface area contributed by atoms with Gasteiger partial charge in [-0.05, 0) is 31.4 Å². The van der Waals surface area contributed by atoms with Crippen LogP contribution >= 0.6 is 0 Å². The van der Waals surface area contributed by atoms with Crippen molar-refractivity contribution < 1.29 is 4.52 Å². The smallest absolute Gasteiger partial charge is 0.231 e. The lowest BCUT2D eigenvalue weighted by Gasteiger charge is -2.20. The van der Waals surface area contributed by atoms with E-state index in [1.165, 1.54) is 0 Å². The Bertz CT molecular complexity index is 540. The van der Waals surface area contributed by atoms with Gasteiger partial charge in [-0.1, -0.05) is 19.0 Å². The van der Waals surface area contributed by atoms with Gasteiger partial charge in [0.05, 0.1) is 5.92 Å². The Morgan fingerprint density at radius 2 is 2.00 bits per heavy atom. The van der Waals surface area contributed by atoms with E-state index in [0.29, 0.717) is 17.6 Å². The molecule has 2 aromatic heterocycles. The van der Waals surface area contributed by atoms with Crippen LogP contribution in [-0.2, 0) is 0 Å².